The van der Waals surface area contributed by atoms with Gasteiger partial charge in [-0.05, 0) is 24.3 Å². The standard InChI is InChI=1S/C10H15N3O/c1-8(14)12(2)13(3)10-6-4-9(11)5-7-10/h4-7H,11H2,1-3H3. The molecule has 1 aromatic carbocycles. The maximum absolute atomic E-state index is 11.1. The van der Waals surface area contributed by atoms with Crippen LogP contribution in [0.1, 0.15) is 6.92 Å². The van der Waals surface area contributed by atoms with Crippen LogP contribution < -0.4 is 10.7 Å². The lowest BCUT2D eigenvalue weighted by molar-refractivity contribution is -0.127. The van der Waals surface area contributed by atoms with Crippen molar-refractivity contribution in [2.24, 2.45) is 0 Å². The molecule has 14 heavy (non-hydrogen) atoms. The topological polar surface area (TPSA) is 49.6 Å². The first-order chi connectivity index (χ1) is 6.52. The monoisotopic (exact) mass is 193 g/mol. The van der Waals surface area contributed by atoms with E-state index in [-0.39, 0.29) is 5.91 Å². The molecule has 0 saturated carbocycles. The molecule has 0 radical (unpaired) electrons. The molecule has 1 rings (SSSR count). The van der Waals surface area contributed by atoms with E-state index in [1.54, 1.807) is 24.2 Å². The van der Waals surface area contributed by atoms with Gasteiger partial charge in [0.15, 0.2) is 0 Å². The van der Waals surface area contributed by atoms with Gasteiger partial charge in [-0.3, -0.25) is 14.8 Å². The third-order valence-electron chi connectivity index (χ3n) is 2.17. The molecule has 0 spiro atoms. The molecule has 1 amide bonds. The molecule has 1 aromatic rings. The third kappa shape index (κ3) is 2.16. The Bertz CT molecular complexity index is 321. The molecule has 4 nitrogen and oxygen atoms in total. The van der Waals surface area contributed by atoms with Crippen molar-refractivity contribution in [3.63, 3.8) is 0 Å². The zero-order valence-corrected chi connectivity index (χ0v) is 8.69. The Morgan fingerprint density at radius 1 is 1.21 bits per heavy atom. The first-order valence-corrected chi connectivity index (χ1v) is 4.36. The van der Waals surface area contributed by atoms with Gasteiger partial charge in [-0.15, -0.1) is 0 Å². The average molecular weight is 193 g/mol. The Balaban J connectivity index is 2.84. The molecule has 0 unspecified atom stereocenters. The summed E-state index contributed by atoms with van der Waals surface area (Å²) in [5.74, 6) is -0.00988. The van der Waals surface area contributed by atoms with Crippen molar-refractivity contribution in [2.75, 3.05) is 24.8 Å². The summed E-state index contributed by atoms with van der Waals surface area (Å²) in [6.45, 7) is 1.52. The van der Waals surface area contributed by atoms with E-state index in [1.165, 1.54) is 11.9 Å². The second-order valence-corrected chi connectivity index (χ2v) is 3.16. The maximum atomic E-state index is 11.1. The van der Waals surface area contributed by atoms with Crippen LogP contribution in [0.3, 0.4) is 0 Å². The second kappa shape index (κ2) is 4.00. The number of amides is 1. The molecule has 2 N–H and O–H groups in total. The quantitative estimate of drug-likeness (QED) is 0.565. The summed E-state index contributed by atoms with van der Waals surface area (Å²) in [6.07, 6.45) is 0. The lowest BCUT2D eigenvalue weighted by Gasteiger charge is -2.29. The molecular formula is C10H15N3O. The number of carbonyl (C=O) groups excluding carboxylic acids is 1. The molecule has 0 aliphatic rings. The van der Waals surface area contributed by atoms with Gasteiger partial charge >= 0.3 is 0 Å². The zero-order valence-electron chi connectivity index (χ0n) is 8.69. The van der Waals surface area contributed by atoms with Crippen molar-refractivity contribution < 1.29 is 4.79 Å². The van der Waals surface area contributed by atoms with Crippen LogP contribution in [0.25, 0.3) is 0 Å². The van der Waals surface area contributed by atoms with Crippen LogP contribution >= 0.6 is 0 Å². The number of hydrazine groups is 1. The summed E-state index contributed by atoms with van der Waals surface area (Å²) in [6, 6.07) is 7.35. The highest BCUT2D eigenvalue weighted by molar-refractivity contribution is 5.75. The fraction of sp³-hybridized carbons (Fsp3) is 0.300. The van der Waals surface area contributed by atoms with E-state index < -0.39 is 0 Å². The molecule has 76 valence electrons. The van der Waals surface area contributed by atoms with Crippen LogP contribution in [0.2, 0.25) is 0 Å². The van der Waals surface area contributed by atoms with Gasteiger partial charge in [0.25, 0.3) is 0 Å². The Kier molecular flexibility index (Phi) is 2.96. The van der Waals surface area contributed by atoms with Crippen LogP contribution in [0, 0.1) is 0 Å². The number of hydrogen-bond acceptors (Lipinski definition) is 3. The molecule has 0 aliphatic carbocycles. The zero-order chi connectivity index (χ0) is 10.7. The lowest BCUT2D eigenvalue weighted by atomic mass is 10.3. The van der Waals surface area contributed by atoms with Crippen LogP contribution in [0.4, 0.5) is 11.4 Å². The van der Waals surface area contributed by atoms with Crippen molar-refractivity contribution in [2.45, 2.75) is 6.92 Å². The molecule has 0 aromatic heterocycles. The molecule has 0 heterocycles. The largest absolute Gasteiger partial charge is 0.399 e. The summed E-state index contributed by atoms with van der Waals surface area (Å²) in [4.78, 5) is 11.1. The number of nitrogens with two attached hydrogens (primary N) is 1. The highest BCUT2D eigenvalue weighted by Gasteiger charge is 2.08. The van der Waals surface area contributed by atoms with Gasteiger partial charge in [0.05, 0.1) is 5.69 Å². The van der Waals surface area contributed by atoms with E-state index in [2.05, 4.69) is 0 Å². The maximum Gasteiger partial charge on any atom is 0.237 e. The predicted molar refractivity (Wildman–Crippen MR) is 57.7 cm³/mol. The minimum atomic E-state index is -0.00988. The summed E-state index contributed by atoms with van der Waals surface area (Å²) < 4.78 is 0. The highest BCUT2D eigenvalue weighted by Crippen LogP contribution is 2.15. The fourth-order valence-corrected chi connectivity index (χ4v) is 1.07. The molecule has 0 atom stereocenters. The molecule has 0 saturated heterocycles. The average Bonchev–Trinajstić information content (AvgIpc) is 2.16. The molecule has 0 bridgehead atoms. The van der Waals surface area contributed by atoms with Gasteiger partial charge in [0.2, 0.25) is 5.91 Å². The number of rotatable bonds is 2. The van der Waals surface area contributed by atoms with Crippen molar-refractivity contribution in [3.05, 3.63) is 24.3 Å². The van der Waals surface area contributed by atoms with Crippen molar-refractivity contribution in [3.8, 4) is 0 Å². The number of nitrogens with zero attached hydrogens (tertiary/aromatic N) is 2. The van der Waals surface area contributed by atoms with Gasteiger partial charge in [-0.1, -0.05) is 0 Å². The Labute approximate surface area is 83.9 Å². The van der Waals surface area contributed by atoms with E-state index >= 15 is 0 Å². The van der Waals surface area contributed by atoms with Gasteiger partial charge < -0.3 is 5.73 Å². The third-order valence-corrected chi connectivity index (χ3v) is 2.17. The molecule has 0 fully saturated rings. The summed E-state index contributed by atoms with van der Waals surface area (Å²) in [5, 5.41) is 3.30. The first-order valence-electron chi connectivity index (χ1n) is 4.36. The first kappa shape index (κ1) is 10.4. The van der Waals surface area contributed by atoms with E-state index in [0.717, 1.165) is 5.69 Å². The fourth-order valence-electron chi connectivity index (χ4n) is 1.07. The van der Waals surface area contributed by atoms with E-state index in [1.807, 2.05) is 19.2 Å². The Hall–Kier alpha value is -1.71. The van der Waals surface area contributed by atoms with Crippen LogP contribution in [-0.2, 0) is 4.79 Å². The Morgan fingerprint density at radius 3 is 2.14 bits per heavy atom. The summed E-state index contributed by atoms with van der Waals surface area (Å²) in [7, 11) is 3.55. The molecular weight excluding hydrogens is 178 g/mol. The number of carbonyl (C=O) groups is 1. The predicted octanol–water partition coefficient (Wildman–Crippen LogP) is 1.10. The SMILES string of the molecule is CC(=O)N(C)N(C)c1ccc(N)cc1. The molecule has 0 aliphatic heterocycles. The van der Waals surface area contributed by atoms with Crippen LogP contribution in [0.15, 0.2) is 24.3 Å². The molecule has 4 heteroatoms. The van der Waals surface area contributed by atoms with Crippen LogP contribution in [0.5, 0.6) is 0 Å². The second-order valence-electron chi connectivity index (χ2n) is 3.16. The van der Waals surface area contributed by atoms with Gasteiger partial charge in [0, 0.05) is 26.7 Å². The smallest absolute Gasteiger partial charge is 0.237 e. The van der Waals surface area contributed by atoms with Crippen molar-refractivity contribution >= 4 is 17.3 Å². The van der Waals surface area contributed by atoms with Crippen molar-refractivity contribution in [1.82, 2.24) is 5.01 Å². The van der Waals surface area contributed by atoms with E-state index in [9.17, 15) is 4.79 Å². The lowest BCUT2D eigenvalue weighted by Crippen LogP contribution is -2.39. The van der Waals surface area contributed by atoms with Gasteiger partial charge in [-0.25, -0.2) is 0 Å². The van der Waals surface area contributed by atoms with Crippen molar-refractivity contribution in [1.29, 1.82) is 0 Å². The van der Waals surface area contributed by atoms with E-state index in [0.29, 0.717) is 5.69 Å². The van der Waals surface area contributed by atoms with Gasteiger partial charge in [-0.2, -0.15) is 0 Å². The minimum Gasteiger partial charge on any atom is -0.399 e. The normalized spacial score (nSPS) is 9.64. The van der Waals surface area contributed by atoms with Gasteiger partial charge in [0.1, 0.15) is 0 Å². The summed E-state index contributed by atoms with van der Waals surface area (Å²) >= 11 is 0. The minimum absolute atomic E-state index is 0.00988. The number of benzene rings is 1. The summed E-state index contributed by atoms with van der Waals surface area (Å²) in [5.41, 5.74) is 7.21. The Morgan fingerprint density at radius 2 is 1.71 bits per heavy atom. The van der Waals surface area contributed by atoms with E-state index in [4.69, 9.17) is 5.73 Å². The number of nitrogen functional groups attached to an aromatic ring is 1. The van der Waals surface area contributed by atoms with Crippen LogP contribution in [-0.4, -0.2) is 25.0 Å². The highest BCUT2D eigenvalue weighted by atomic mass is 16.2. The number of anilines is 2. The number of hydrogen-bond donors (Lipinski definition) is 1.